The molecule has 0 spiro atoms. The number of carbonyl (C=O) groups excluding carboxylic acids is 3. The molecule has 2 rings (SSSR count). The van der Waals surface area contributed by atoms with Gasteiger partial charge in [0.15, 0.2) is 11.5 Å². The van der Waals surface area contributed by atoms with Crippen LogP contribution in [0.4, 0.5) is 4.79 Å². The lowest BCUT2D eigenvalue weighted by Gasteiger charge is -2.19. The van der Waals surface area contributed by atoms with Crippen molar-refractivity contribution in [1.29, 1.82) is 0 Å². The Morgan fingerprint density at radius 2 is 1.90 bits per heavy atom. The van der Waals surface area contributed by atoms with Crippen LogP contribution in [0, 0.1) is 0 Å². The van der Waals surface area contributed by atoms with Crippen molar-refractivity contribution in [3.05, 3.63) is 27.1 Å². The van der Waals surface area contributed by atoms with E-state index in [0.717, 1.165) is 23.1 Å². The molecule has 0 radical (unpaired) electrons. The summed E-state index contributed by atoms with van der Waals surface area (Å²) >= 11 is 4.30. The number of esters is 1. The molecule has 30 heavy (non-hydrogen) atoms. The van der Waals surface area contributed by atoms with Gasteiger partial charge in [-0.1, -0.05) is 6.92 Å². The predicted octanol–water partition coefficient (Wildman–Crippen LogP) is 5.01. The molecule has 9 heteroatoms. The summed E-state index contributed by atoms with van der Waals surface area (Å²) in [5.74, 6) is -0.0153. The Kier molecular flexibility index (Phi) is 8.78. The zero-order chi connectivity index (χ0) is 22.4. The Morgan fingerprint density at radius 3 is 2.50 bits per heavy atom. The van der Waals surface area contributed by atoms with Crippen molar-refractivity contribution in [2.45, 2.75) is 53.2 Å². The molecule has 0 bridgehead atoms. The van der Waals surface area contributed by atoms with Gasteiger partial charge in [0.1, 0.15) is 6.04 Å². The van der Waals surface area contributed by atoms with E-state index in [-0.39, 0.29) is 17.6 Å². The zero-order valence-electron chi connectivity index (χ0n) is 17.7. The lowest BCUT2D eigenvalue weighted by atomic mass is 10.1. The standard InChI is InChI=1S/C21H26BrNO6S/c1-6-12(4)29-18-15(22)9-14(10-16(18)27-7-2)11-17-19(24)23(21(26)30-17)13(5)20(25)28-8-3/h9-13H,6-8H2,1-5H3/b17-11+/t12-,13+/m0/s1. The number of nitrogens with zero attached hydrogens (tertiary/aromatic N) is 1. The number of halogens is 1. The van der Waals surface area contributed by atoms with Gasteiger partial charge < -0.3 is 14.2 Å². The van der Waals surface area contributed by atoms with Crippen LogP contribution in [-0.4, -0.2) is 47.4 Å². The quantitative estimate of drug-likeness (QED) is 0.348. The second kappa shape index (κ2) is 10.9. The lowest BCUT2D eigenvalue weighted by Crippen LogP contribution is -2.42. The van der Waals surface area contributed by atoms with Gasteiger partial charge in [0.05, 0.1) is 28.7 Å². The number of rotatable bonds is 9. The molecule has 1 aromatic rings. The van der Waals surface area contributed by atoms with Gasteiger partial charge in [-0.25, -0.2) is 4.79 Å². The SMILES string of the molecule is CCOC(=O)[C@@H](C)N1C(=O)S/C(=C/c2cc(Br)c(O[C@@H](C)CC)c(OCC)c2)C1=O. The number of imide groups is 1. The summed E-state index contributed by atoms with van der Waals surface area (Å²) in [5.41, 5.74) is 0.663. The third-order valence-electron chi connectivity index (χ3n) is 4.36. The Balaban J connectivity index is 2.35. The molecule has 0 saturated carbocycles. The first-order valence-electron chi connectivity index (χ1n) is 9.80. The fraction of sp³-hybridized carbons (Fsp3) is 0.476. The number of hydrogen-bond acceptors (Lipinski definition) is 7. The Labute approximate surface area is 189 Å². The Morgan fingerprint density at radius 1 is 1.20 bits per heavy atom. The van der Waals surface area contributed by atoms with E-state index in [4.69, 9.17) is 14.2 Å². The number of benzene rings is 1. The number of hydrogen-bond donors (Lipinski definition) is 0. The normalized spacial score (nSPS) is 17.3. The van der Waals surface area contributed by atoms with Crippen LogP contribution in [0.15, 0.2) is 21.5 Å². The fourth-order valence-electron chi connectivity index (χ4n) is 2.67. The molecule has 2 atom stereocenters. The molecule has 7 nitrogen and oxygen atoms in total. The van der Waals surface area contributed by atoms with E-state index in [2.05, 4.69) is 15.9 Å². The van der Waals surface area contributed by atoms with Crippen LogP contribution in [0.1, 0.15) is 46.6 Å². The number of ether oxygens (including phenoxy) is 3. The lowest BCUT2D eigenvalue weighted by molar-refractivity contribution is -0.150. The molecular formula is C21H26BrNO6S. The Hall–Kier alpha value is -2.00. The second-order valence-electron chi connectivity index (χ2n) is 6.58. The van der Waals surface area contributed by atoms with Crippen molar-refractivity contribution < 1.29 is 28.6 Å². The van der Waals surface area contributed by atoms with Crippen LogP contribution in [0.2, 0.25) is 0 Å². The highest BCUT2D eigenvalue weighted by atomic mass is 79.9. The highest BCUT2D eigenvalue weighted by Crippen LogP contribution is 2.40. The van der Waals surface area contributed by atoms with Crippen molar-refractivity contribution >= 4 is 50.9 Å². The highest BCUT2D eigenvalue weighted by Gasteiger charge is 2.41. The average Bonchev–Trinajstić information content (AvgIpc) is 2.97. The van der Waals surface area contributed by atoms with Crippen LogP contribution in [0.5, 0.6) is 11.5 Å². The van der Waals surface area contributed by atoms with Gasteiger partial charge in [-0.05, 0) is 85.6 Å². The van der Waals surface area contributed by atoms with Crippen LogP contribution < -0.4 is 9.47 Å². The molecular weight excluding hydrogens is 474 g/mol. The summed E-state index contributed by atoms with van der Waals surface area (Å²) in [5, 5.41) is -0.507. The van der Waals surface area contributed by atoms with Crippen LogP contribution in [0.25, 0.3) is 6.08 Å². The smallest absolute Gasteiger partial charge is 0.329 e. The molecule has 0 aliphatic carbocycles. The Bertz CT molecular complexity index is 856. The molecule has 1 heterocycles. The van der Waals surface area contributed by atoms with Crippen molar-refractivity contribution in [3.8, 4) is 11.5 Å². The van der Waals surface area contributed by atoms with E-state index < -0.39 is 23.2 Å². The summed E-state index contributed by atoms with van der Waals surface area (Å²) in [4.78, 5) is 38.2. The van der Waals surface area contributed by atoms with Gasteiger partial charge >= 0.3 is 5.97 Å². The molecule has 1 aliphatic rings. The molecule has 0 unspecified atom stereocenters. The van der Waals surface area contributed by atoms with E-state index >= 15 is 0 Å². The van der Waals surface area contributed by atoms with Gasteiger partial charge in [0, 0.05) is 0 Å². The number of thioether (sulfide) groups is 1. The van der Waals surface area contributed by atoms with Crippen molar-refractivity contribution in [3.63, 3.8) is 0 Å². The van der Waals surface area contributed by atoms with E-state index in [1.807, 2.05) is 20.8 Å². The molecule has 1 saturated heterocycles. The minimum atomic E-state index is -0.986. The van der Waals surface area contributed by atoms with Crippen LogP contribution >= 0.6 is 27.7 Å². The van der Waals surface area contributed by atoms with Gasteiger partial charge in [0.2, 0.25) is 0 Å². The second-order valence-corrected chi connectivity index (χ2v) is 8.43. The number of carbonyl (C=O) groups is 3. The van der Waals surface area contributed by atoms with E-state index in [1.54, 1.807) is 25.1 Å². The fourth-order valence-corrected chi connectivity index (χ4v) is 4.13. The van der Waals surface area contributed by atoms with Gasteiger partial charge in [-0.15, -0.1) is 0 Å². The molecule has 0 aromatic heterocycles. The third-order valence-corrected chi connectivity index (χ3v) is 5.83. The summed E-state index contributed by atoms with van der Waals surface area (Å²) in [6.45, 7) is 9.63. The third kappa shape index (κ3) is 5.57. The topological polar surface area (TPSA) is 82.1 Å². The predicted molar refractivity (Wildman–Crippen MR) is 120 cm³/mol. The van der Waals surface area contributed by atoms with Gasteiger partial charge in [0.25, 0.3) is 11.1 Å². The van der Waals surface area contributed by atoms with E-state index in [0.29, 0.717) is 28.1 Å². The van der Waals surface area contributed by atoms with Crippen LogP contribution in [-0.2, 0) is 14.3 Å². The number of amides is 2. The first-order chi connectivity index (χ1) is 14.2. The average molecular weight is 500 g/mol. The summed E-state index contributed by atoms with van der Waals surface area (Å²) in [7, 11) is 0. The molecule has 2 amide bonds. The summed E-state index contributed by atoms with van der Waals surface area (Å²) in [6.07, 6.45) is 2.45. The molecule has 0 N–H and O–H groups in total. The maximum absolute atomic E-state index is 12.8. The molecule has 1 fully saturated rings. The highest BCUT2D eigenvalue weighted by molar-refractivity contribution is 9.10. The van der Waals surface area contributed by atoms with Crippen molar-refractivity contribution in [2.24, 2.45) is 0 Å². The molecule has 1 aliphatic heterocycles. The molecule has 1 aromatic carbocycles. The maximum atomic E-state index is 12.8. The first kappa shape index (κ1) is 24.3. The van der Waals surface area contributed by atoms with Crippen molar-refractivity contribution in [1.82, 2.24) is 4.90 Å². The first-order valence-corrected chi connectivity index (χ1v) is 11.4. The van der Waals surface area contributed by atoms with Gasteiger partial charge in [-0.3, -0.25) is 14.5 Å². The monoisotopic (exact) mass is 499 g/mol. The van der Waals surface area contributed by atoms with E-state index in [9.17, 15) is 14.4 Å². The minimum absolute atomic E-state index is 0.00669. The van der Waals surface area contributed by atoms with Gasteiger partial charge in [-0.2, -0.15) is 0 Å². The van der Waals surface area contributed by atoms with E-state index in [1.165, 1.54) is 6.92 Å². The minimum Gasteiger partial charge on any atom is -0.490 e. The largest absolute Gasteiger partial charge is 0.490 e. The summed E-state index contributed by atoms with van der Waals surface area (Å²) in [6, 6.07) is 2.57. The van der Waals surface area contributed by atoms with Crippen LogP contribution in [0.3, 0.4) is 0 Å². The molecule has 164 valence electrons. The maximum Gasteiger partial charge on any atom is 0.329 e. The summed E-state index contributed by atoms with van der Waals surface area (Å²) < 4.78 is 17.3. The zero-order valence-corrected chi connectivity index (χ0v) is 20.1. The van der Waals surface area contributed by atoms with Crippen molar-refractivity contribution in [2.75, 3.05) is 13.2 Å².